The highest BCUT2D eigenvalue weighted by Gasteiger charge is 2.23. The number of carbonyl (C=O) groups excluding carboxylic acids is 1. The Morgan fingerprint density at radius 3 is 2.73 bits per heavy atom. The molecule has 1 saturated heterocycles. The topological polar surface area (TPSA) is 40.5 Å². The number of likely N-dealkylation sites (tertiary alicyclic amines) is 1. The fourth-order valence-electron chi connectivity index (χ4n) is 1.83. The highest BCUT2D eigenvalue weighted by Crippen LogP contribution is 2.14. The summed E-state index contributed by atoms with van der Waals surface area (Å²) in [7, 11) is 0. The Bertz CT molecular complexity index is 337. The van der Waals surface area contributed by atoms with E-state index < -0.39 is 6.10 Å². The summed E-state index contributed by atoms with van der Waals surface area (Å²) in [6.45, 7) is 1.32. The van der Waals surface area contributed by atoms with E-state index in [9.17, 15) is 9.90 Å². The smallest absolute Gasteiger partial charge is 0.225 e. The monoisotopic (exact) mass is 205 g/mol. The lowest BCUT2D eigenvalue weighted by molar-refractivity contribution is -0.137. The molecule has 1 N–H and O–H groups in total. The lowest BCUT2D eigenvalue weighted by Gasteiger charge is -2.29. The van der Waals surface area contributed by atoms with Crippen molar-refractivity contribution in [2.75, 3.05) is 6.54 Å². The van der Waals surface area contributed by atoms with Gasteiger partial charge in [0.1, 0.15) is 0 Å². The van der Waals surface area contributed by atoms with Gasteiger partial charge in [-0.1, -0.05) is 30.3 Å². The Labute approximate surface area is 89.3 Å². The molecule has 3 nitrogen and oxygen atoms in total. The summed E-state index contributed by atoms with van der Waals surface area (Å²) >= 11 is 0. The molecule has 1 atom stereocenters. The van der Waals surface area contributed by atoms with Gasteiger partial charge in [-0.2, -0.15) is 0 Å². The largest absolute Gasteiger partial charge is 0.393 e. The van der Waals surface area contributed by atoms with E-state index in [1.165, 1.54) is 0 Å². The first-order valence-corrected chi connectivity index (χ1v) is 5.25. The van der Waals surface area contributed by atoms with Gasteiger partial charge in [-0.25, -0.2) is 0 Å². The number of nitrogens with zero attached hydrogens (tertiary/aromatic N) is 1. The third-order valence-electron chi connectivity index (χ3n) is 2.71. The van der Waals surface area contributed by atoms with Crippen LogP contribution in [0, 0.1) is 0 Å². The van der Waals surface area contributed by atoms with Crippen molar-refractivity contribution in [1.82, 2.24) is 4.90 Å². The van der Waals surface area contributed by atoms with E-state index in [4.69, 9.17) is 0 Å². The fourth-order valence-corrected chi connectivity index (χ4v) is 1.83. The highest BCUT2D eigenvalue weighted by atomic mass is 16.3. The molecular formula is C12H15NO2. The Morgan fingerprint density at radius 1 is 1.33 bits per heavy atom. The minimum Gasteiger partial charge on any atom is -0.393 e. The van der Waals surface area contributed by atoms with E-state index in [-0.39, 0.29) is 12.3 Å². The van der Waals surface area contributed by atoms with Gasteiger partial charge in [0.15, 0.2) is 0 Å². The van der Waals surface area contributed by atoms with Crippen LogP contribution in [0.2, 0.25) is 0 Å². The van der Waals surface area contributed by atoms with Crippen molar-refractivity contribution in [2.24, 2.45) is 0 Å². The predicted molar refractivity (Wildman–Crippen MR) is 57.1 cm³/mol. The number of rotatable bonds is 2. The number of piperidine rings is 1. The molecule has 1 aliphatic heterocycles. The van der Waals surface area contributed by atoms with Gasteiger partial charge in [0.2, 0.25) is 5.91 Å². The van der Waals surface area contributed by atoms with E-state index in [1.807, 2.05) is 35.2 Å². The van der Waals surface area contributed by atoms with Gasteiger partial charge in [0.25, 0.3) is 0 Å². The highest BCUT2D eigenvalue weighted by molar-refractivity contribution is 5.77. The summed E-state index contributed by atoms with van der Waals surface area (Å²) in [4.78, 5) is 13.4. The van der Waals surface area contributed by atoms with Crippen LogP contribution >= 0.6 is 0 Å². The van der Waals surface area contributed by atoms with Crippen LogP contribution in [0.1, 0.15) is 18.4 Å². The fraction of sp³-hybridized carbons (Fsp3) is 0.417. The zero-order valence-corrected chi connectivity index (χ0v) is 8.60. The van der Waals surface area contributed by atoms with E-state index in [0.29, 0.717) is 19.5 Å². The molecule has 0 radical (unpaired) electrons. The number of benzene rings is 1. The standard InChI is InChI=1S/C12H15NO2/c14-11-6-7-13(12(15)8-11)9-10-4-2-1-3-5-10/h1-5,11,14H,6-9H2/t11-/m0/s1. The van der Waals surface area contributed by atoms with Crippen LogP contribution < -0.4 is 0 Å². The average molecular weight is 205 g/mol. The van der Waals surface area contributed by atoms with Crippen molar-refractivity contribution in [3.8, 4) is 0 Å². The Hall–Kier alpha value is -1.35. The molecule has 2 rings (SSSR count). The first kappa shape index (κ1) is 10.2. The summed E-state index contributed by atoms with van der Waals surface area (Å²) in [5.74, 6) is 0.0533. The molecule has 0 saturated carbocycles. The van der Waals surface area contributed by atoms with Gasteiger partial charge >= 0.3 is 0 Å². The van der Waals surface area contributed by atoms with Crippen LogP contribution in [-0.2, 0) is 11.3 Å². The summed E-state index contributed by atoms with van der Waals surface area (Å²) in [6, 6.07) is 9.93. The van der Waals surface area contributed by atoms with E-state index >= 15 is 0 Å². The van der Waals surface area contributed by atoms with Crippen molar-refractivity contribution >= 4 is 5.91 Å². The molecule has 80 valence electrons. The molecule has 1 amide bonds. The molecule has 3 heteroatoms. The Balaban J connectivity index is 1.98. The summed E-state index contributed by atoms with van der Waals surface area (Å²) in [5, 5.41) is 9.32. The minimum atomic E-state index is -0.440. The maximum atomic E-state index is 11.6. The predicted octanol–water partition coefficient (Wildman–Crippen LogP) is 1.17. The average Bonchev–Trinajstić information content (AvgIpc) is 2.24. The van der Waals surface area contributed by atoms with Crippen LogP contribution in [0.15, 0.2) is 30.3 Å². The van der Waals surface area contributed by atoms with Crippen LogP contribution in [0.5, 0.6) is 0 Å². The molecule has 0 unspecified atom stereocenters. The maximum Gasteiger partial charge on any atom is 0.225 e. The van der Waals surface area contributed by atoms with Gasteiger partial charge in [-0.3, -0.25) is 4.79 Å². The lowest BCUT2D eigenvalue weighted by atomic mass is 10.1. The molecule has 1 aromatic rings. The molecule has 15 heavy (non-hydrogen) atoms. The zero-order chi connectivity index (χ0) is 10.7. The first-order valence-electron chi connectivity index (χ1n) is 5.25. The minimum absolute atomic E-state index is 0.0533. The van der Waals surface area contributed by atoms with Crippen molar-refractivity contribution in [1.29, 1.82) is 0 Å². The van der Waals surface area contributed by atoms with Crippen molar-refractivity contribution in [3.05, 3.63) is 35.9 Å². The molecule has 1 aliphatic rings. The Kier molecular flexibility index (Phi) is 3.02. The Morgan fingerprint density at radius 2 is 2.07 bits per heavy atom. The molecular weight excluding hydrogens is 190 g/mol. The van der Waals surface area contributed by atoms with Gasteiger partial charge in [-0.15, -0.1) is 0 Å². The van der Waals surface area contributed by atoms with Crippen LogP contribution in [0.4, 0.5) is 0 Å². The van der Waals surface area contributed by atoms with E-state index in [2.05, 4.69) is 0 Å². The van der Waals surface area contributed by atoms with Crippen molar-refractivity contribution < 1.29 is 9.90 Å². The van der Waals surface area contributed by atoms with Crippen molar-refractivity contribution in [2.45, 2.75) is 25.5 Å². The molecule has 0 bridgehead atoms. The zero-order valence-electron chi connectivity index (χ0n) is 8.60. The number of carbonyl (C=O) groups is 1. The number of aliphatic hydroxyl groups excluding tert-OH is 1. The van der Waals surface area contributed by atoms with Gasteiger partial charge in [0, 0.05) is 13.1 Å². The maximum absolute atomic E-state index is 11.6. The van der Waals surface area contributed by atoms with E-state index in [0.717, 1.165) is 5.56 Å². The molecule has 1 aromatic carbocycles. The first-order chi connectivity index (χ1) is 7.25. The molecule has 0 spiro atoms. The second-order valence-electron chi connectivity index (χ2n) is 3.95. The van der Waals surface area contributed by atoms with Crippen LogP contribution in [0.3, 0.4) is 0 Å². The molecule has 0 aliphatic carbocycles. The van der Waals surface area contributed by atoms with Crippen molar-refractivity contribution in [3.63, 3.8) is 0 Å². The third kappa shape index (κ3) is 2.57. The second-order valence-corrected chi connectivity index (χ2v) is 3.95. The summed E-state index contributed by atoms with van der Waals surface area (Å²) < 4.78 is 0. The normalized spacial score (nSPS) is 21.8. The quantitative estimate of drug-likeness (QED) is 0.787. The number of hydrogen-bond acceptors (Lipinski definition) is 2. The molecule has 0 aromatic heterocycles. The molecule has 1 fully saturated rings. The van der Waals surface area contributed by atoms with Gasteiger partial charge < -0.3 is 10.0 Å². The number of hydrogen-bond donors (Lipinski definition) is 1. The second kappa shape index (κ2) is 4.45. The van der Waals surface area contributed by atoms with E-state index in [1.54, 1.807) is 0 Å². The number of amides is 1. The summed E-state index contributed by atoms with van der Waals surface area (Å²) in [5.41, 5.74) is 1.14. The van der Waals surface area contributed by atoms with Gasteiger partial charge in [-0.05, 0) is 12.0 Å². The van der Waals surface area contributed by atoms with Crippen LogP contribution in [-0.4, -0.2) is 28.6 Å². The lowest BCUT2D eigenvalue weighted by Crippen LogP contribution is -2.40. The summed E-state index contributed by atoms with van der Waals surface area (Å²) in [6.07, 6.45) is 0.523. The third-order valence-corrected chi connectivity index (χ3v) is 2.71. The number of aliphatic hydroxyl groups is 1. The van der Waals surface area contributed by atoms with Crippen LogP contribution in [0.25, 0.3) is 0 Å². The molecule has 1 heterocycles. The van der Waals surface area contributed by atoms with Gasteiger partial charge in [0.05, 0.1) is 12.5 Å². The SMILES string of the molecule is O=C1C[C@@H](O)CCN1Cc1ccccc1.